The first-order chi connectivity index (χ1) is 13.2. The molecule has 3 aromatic rings. The van der Waals surface area contributed by atoms with Crippen LogP contribution >= 0.6 is 0 Å². The number of nitrogens with zero attached hydrogens (tertiary/aromatic N) is 3. The molecule has 0 spiro atoms. The summed E-state index contributed by atoms with van der Waals surface area (Å²) in [5, 5.41) is 25.6. The number of rotatable bonds is 3. The number of benzene rings is 1. The largest absolute Gasteiger partial charge is 0.487 e. The highest BCUT2D eigenvalue weighted by atomic mass is 16.5. The van der Waals surface area contributed by atoms with E-state index in [2.05, 4.69) is 21.4 Å². The third-order valence-electron chi connectivity index (χ3n) is 5.72. The summed E-state index contributed by atoms with van der Waals surface area (Å²) in [5.74, 6) is 0.788. The van der Waals surface area contributed by atoms with Gasteiger partial charge in [-0.05, 0) is 30.7 Å². The van der Waals surface area contributed by atoms with Crippen molar-refractivity contribution >= 4 is 11.0 Å². The summed E-state index contributed by atoms with van der Waals surface area (Å²) in [6.07, 6.45) is 4.25. The van der Waals surface area contributed by atoms with Crippen LogP contribution in [0.25, 0.3) is 11.0 Å². The Labute approximate surface area is 156 Å². The maximum Gasteiger partial charge on any atom is 0.143 e. The van der Waals surface area contributed by atoms with E-state index in [0.717, 1.165) is 41.9 Å². The molecule has 1 aromatic carbocycles. The maximum atomic E-state index is 10.7. The van der Waals surface area contributed by atoms with Gasteiger partial charge in [0.15, 0.2) is 0 Å². The fraction of sp³-hybridized carbons (Fsp3) is 0.400. The monoisotopic (exact) mass is 366 g/mol. The molecule has 0 amide bonds. The van der Waals surface area contributed by atoms with Gasteiger partial charge in [0.05, 0.1) is 6.04 Å². The molecule has 0 saturated heterocycles. The second kappa shape index (κ2) is 6.60. The van der Waals surface area contributed by atoms with Gasteiger partial charge in [-0.15, -0.1) is 0 Å². The highest BCUT2D eigenvalue weighted by molar-refractivity contribution is 5.74. The number of fused-ring (bicyclic) bond motifs is 2. The Morgan fingerprint density at radius 3 is 3.04 bits per heavy atom. The van der Waals surface area contributed by atoms with Gasteiger partial charge < -0.3 is 24.8 Å². The highest BCUT2D eigenvalue weighted by Gasteiger charge is 2.44. The van der Waals surface area contributed by atoms with Crippen molar-refractivity contribution in [2.24, 2.45) is 0 Å². The molecule has 1 saturated carbocycles. The second-order valence-electron chi connectivity index (χ2n) is 7.29. The van der Waals surface area contributed by atoms with Crippen molar-refractivity contribution in [1.82, 2.24) is 19.9 Å². The molecule has 1 aliphatic heterocycles. The Bertz CT molecular complexity index is 973. The molecule has 3 heterocycles. The molecule has 2 aliphatic rings. The quantitative estimate of drug-likeness (QED) is 0.645. The molecule has 1 fully saturated rings. The molecule has 2 aromatic heterocycles. The van der Waals surface area contributed by atoms with Gasteiger partial charge in [0.2, 0.25) is 0 Å². The number of hydrogen-bond acceptors (Lipinski definition) is 6. The minimum Gasteiger partial charge on any atom is -0.487 e. The average Bonchev–Trinajstić information content (AvgIpc) is 3.25. The van der Waals surface area contributed by atoms with Crippen LogP contribution in [0.2, 0.25) is 0 Å². The Morgan fingerprint density at radius 2 is 2.11 bits per heavy atom. The lowest BCUT2D eigenvalue weighted by Gasteiger charge is -2.24. The van der Waals surface area contributed by atoms with E-state index < -0.39 is 18.3 Å². The maximum absolute atomic E-state index is 10.7. The van der Waals surface area contributed by atoms with Crippen LogP contribution in [-0.4, -0.2) is 49.6 Å². The summed E-state index contributed by atoms with van der Waals surface area (Å²) in [6, 6.07) is 7.68. The third kappa shape index (κ3) is 2.79. The summed E-state index contributed by atoms with van der Waals surface area (Å²) < 4.78 is 8.11. The van der Waals surface area contributed by atoms with E-state index in [9.17, 15) is 10.2 Å². The van der Waals surface area contributed by atoms with Crippen LogP contribution in [0, 0.1) is 0 Å². The minimum atomic E-state index is -0.957. The van der Waals surface area contributed by atoms with Gasteiger partial charge in [-0.1, -0.05) is 12.1 Å². The Balaban J connectivity index is 1.42. The summed E-state index contributed by atoms with van der Waals surface area (Å²) >= 11 is 0. The Hall–Kier alpha value is -2.48. The molecule has 2 unspecified atom stereocenters. The van der Waals surface area contributed by atoms with E-state index in [1.807, 2.05) is 29.0 Å². The second-order valence-corrected chi connectivity index (χ2v) is 7.29. The average molecular weight is 366 g/mol. The first kappa shape index (κ1) is 16.7. The van der Waals surface area contributed by atoms with Gasteiger partial charge in [0.1, 0.15) is 36.0 Å². The van der Waals surface area contributed by atoms with Gasteiger partial charge in [0.25, 0.3) is 0 Å². The van der Waals surface area contributed by atoms with E-state index in [1.165, 1.54) is 11.9 Å². The Morgan fingerprint density at radius 1 is 1.19 bits per heavy atom. The molecule has 7 heteroatoms. The minimum absolute atomic E-state index is 0.296. The van der Waals surface area contributed by atoms with E-state index in [1.54, 1.807) is 6.20 Å². The molecule has 27 heavy (non-hydrogen) atoms. The van der Waals surface area contributed by atoms with E-state index in [-0.39, 0.29) is 6.04 Å². The predicted molar refractivity (Wildman–Crippen MR) is 99.5 cm³/mol. The van der Waals surface area contributed by atoms with Crippen molar-refractivity contribution in [2.45, 2.75) is 43.7 Å². The normalized spacial score (nSPS) is 27.6. The van der Waals surface area contributed by atoms with Gasteiger partial charge in [-0.2, -0.15) is 0 Å². The molecule has 4 atom stereocenters. The molecule has 0 bridgehead atoms. The van der Waals surface area contributed by atoms with Gasteiger partial charge >= 0.3 is 0 Å². The molecule has 5 rings (SSSR count). The topological polar surface area (TPSA) is 92.4 Å². The zero-order valence-electron chi connectivity index (χ0n) is 14.8. The lowest BCUT2D eigenvalue weighted by molar-refractivity contribution is -0.0166. The molecule has 140 valence electrons. The van der Waals surface area contributed by atoms with Crippen molar-refractivity contribution < 1.29 is 14.9 Å². The van der Waals surface area contributed by atoms with Crippen LogP contribution < -0.4 is 10.1 Å². The molecule has 0 radical (unpaired) electrons. The fourth-order valence-electron chi connectivity index (χ4n) is 4.28. The Kier molecular flexibility index (Phi) is 4.07. The van der Waals surface area contributed by atoms with Crippen molar-refractivity contribution in [3.05, 3.63) is 54.1 Å². The van der Waals surface area contributed by atoms with E-state index >= 15 is 0 Å². The predicted octanol–water partition coefficient (Wildman–Crippen LogP) is 1.19. The van der Waals surface area contributed by atoms with E-state index in [0.29, 0.717) is 6.42 Å². The van der Waals surface area contributed by atoms with Gasteiger partial charge in [0, 0.05) is 36.3 Å². The number of aliphatic hydroxyl groups is 2. The van der Waals surface area contributed by atoms with Gasteiger partial charge in [-0.3, -0.25) is 0 Å². The zero-order valence-corrected chi connectivity index (χ0v) is 14.8. The molecular formula is C20H22N4O3. The first-order valence-electron chi connectivity index (χ1n) is 9.33. The zero-order chi connectivity index (χ0) is 18.4. The summed E-state index contributed by atoms with van der Waals surface area (Å²) in [6.45, 7) is 1.73. The van der Waals surface area contributed by atoms with Crippen LogP contribution in [0.4, 0.5) is 0 Å². The van der Waals surface area contributed by atoms with Crippen molar-refractivity contribution in [3.8, 4) is 5.75 Å². The van der Waals surface area contributed by atoms with Crippen LogP contribution in [-0.2, 0) is 13.0 Å². The number of nitrogens with one attached hydrogen (secondary N) is 1. The van der Waals surface area contributed by atoms with Crippen molar-refractivity contribution in [2.75, 3.05) is 6.54 Å². The molecule has 7 nitrogen and oxygen atoms in total. The molecule has 1 aliphatic carbocycles. The SMILES string of the molecule is O[C@@H]1C(Oc2cccc3c2CNCC3)CC(n2ccc3cncnc32)[C@@H]1O. The fourth-order valence-corrected chi connectivity index (χ4v) is 4.28. The number of hydrogen-bond donors (Lipinski definition) is 3. The first-order valence-corrected chi connectivity index (χ1v) is 9.33. The highest BCUT2D eigenvalue weighted by Crippen LogP contribution is 2.37. The van der Waals surface area contributed by atoms with Crippen LogP contribution in [0.15, 0.2) is 43.0 Å². The van der Waals surface area contributed by atoms with E-state index in [4.69, 9.17) is 4.74 Å². The smallest absolute Gasteiger partial charge is 0.143 e. The van der Waals surface area contributed by atoms with Gasteiger partial charge in [-0.25, -0.2) is 9.97 Å². The van der Waals surface area contributed by atoms with Crippen molar-refractivity contribution in [3.63, 3.8) is 0 Å². The third-order valence-corrected chi connectivity index (χ3v) is 5.72. The van der Waals surface area contributed by atoms with Crippen LogP contribution in [0.5, 0.6) is 5.75 Å². The summed E-state index contributed by atoms with van der Waals surface area (Å²) in [7, 11) is 0. The summed E-state index contributed by atoms with van der Waals surface area (Å²) in [4.78, 5) is 8.35. The number of aliphatic hydroxyl groups excluding tert-OH is 2. The van der Waals surface area contributed by atoms with Crippen LogP contribution in [0.1, 0.15) is 23.6 Å². The molecular weight excluding hydrogens is 344 g/mol. The number of ether oxygens (including phenoxy) is 1. The lowest BCUT2D eigenvalue weighted by Crippen LogP contribution is -2.34. The number of aromatic nitrogens is 3. The summed E-state index contributed by atoms with van der Waals surface area (Å²) in [5.41, 5.74) is 3.18. The molecule has 3 N–H and O–H groups in total. The van der Waals surface area contributed by atoms with Crippen LogP contribution in [0.3, 0.4) is 0 Å². The van der Waals surface area contributed by atoms with Crippen molar-refractivity contribution in [1.29, 1.82) is 0 Å². The lowest BCUT2D eigenvalue weighted by atomic mass is 10.0. The standard InChI is InChI=1S/C20H22N4O3/c25-18-15(24-7-5-13-9-22-11-23-20(13)24)8-17(19(18)26)27-16-3-1-2-12-4-6-21-10-14(12)16/h1-3,5,7,9,11,15,17-19,21,25-26H,4,6,8,10H2/t15?,17?,18-,19+/m0/s1.